The monoisotopic (exact) mass is 325 g/mol. The van der Waals surface area contributed by atoms with Gasteiger partial charge in [-0.25, -0.2) is 13.8 Å². The zero-order chi connectivity index (χ0) is 17.3. The number of nitrogens with zero attached hydrogens (tertiary/aromatic N) is 4. The van der Waals surface area contributed by atoms with Crippen LogP contribution in [-0.2, 0) is 6.54 Å². The molecule has 0 fully saturated rings. The van der Waals surface area contributed by atoms with Gasteiger partial charge >= 0.3 is 0 Å². The normalized spacial score (nSPS) is 10.6. The van der Waals surface area contributed by atoms with Gasteiger partial charge in [0.25, 0.3) is 0 Å². The van der Waals surface area contributed by atoms with Crippen molar-refractivity contribution in [2.24, 2.45) is 0 Å². The number of nitrogen functional groups attached to an aromatic ring is 1. The first-order valence-electron chi connectivity index (χ1n) is 7.21. The molecule has 2 heterocycles. The number of hydrogen-bond acceptors (Lipinski definition) is 4. The van der Waals surface area contributed by atoms with Crippen LogP contribution in [0.25, 0.3) is 22.4 Å². The molecule has 5 nitrogen and oxygen atoms in total. The standard InChI is InChI=1S/C17H13F2N5/c1-2-24-9-11(8-22-24)14-6-16(23-17(21)15(14)7-20)10-3-12(18)5-13(19)4-10/h3-6,8-9H,2H2,1H3,(H2,21,23). The molecule has 0 aliphatic heterocycles. The molecule has 0 radical (unpaired) electrons. The van der Waals surface area contributed by atoms with E-state index in [2.05, 4.69) is 10.1 Å². The molecule has 0 spiro atoms. The summed E-state index contributed by atoms with van der Waals surface area (Å²) in [6.45, 7) is 2.61. The van der Waals surface area contributed by atoms with E-state index in [1.54, 1.807) is 23.1 Å². The number of hydrogen-bond donors (Lipinski definition) is 1. The van der Waals surface area contributed by atoms with Gasteiger partial charge in [-0.05, 0) is 25.1 Å². The van der Waals surface area contributed by atoms with E-state index in [0.717, 1.165) is 18.2 Å². The first kappa shape index (κ1) is 15.6. The molecule has 120 valence electrons. The quantitative estimate of drug-likeness (QED) is 0.800. The molecule has 0 amide bonds. The van der Waals surface area contributed by atoms with Crippen molar-refractivity contribution in [2.45, 2.75) is 13.5 Å². The fraction of sp³-hybridized carbons (Fsp3) is 0.118. The number of nitriles is 1. The number of halogens is 2. The topological polar surface area (TPSA) is 80.5 Å². The van der Waals surface area contributed by atoms with Crippen LogP contribution >= 0.6 is 0 Å². The predicted molar refractivity (Wildman–Crippen MR) is 85.6 cm³/mol. The maximum absolute atomic E-state index is 13.5. The number of nitrogens with two attached hydrogens (primary N) is 1. The van der Waals surface area contributed by atoms with E-state index >= 15 is 0 Å². The largest absolute Gasteiger partial charge is 0.383 e. The third kappa shape index (κ3) is 2.82. The third-order valence-electron chi connectivity index (χ3n) is 3.59. The molecule has 0 atom stereocenters. The Labute approximate surface area is 137 Å². The molecule has 0 bridgehead atoms. The average molecular weight is 325 g/mol. The summed E-state index contributed by atoms with van der Waals surface area (Å²) in [5, 5.41) is 13.5. The second kappa shape index (κ2) is 6.08. The van der Waals surface area contributed by atoms with Gasteiger partial charge in [0.05, 0.1) is 11.9 Å². The lowest BCUT2D eigenvalue weighted by atomic mass is 10.0. The van der Waals surface area contributed by atoms with Crippen molar-refractivity contribution in [2.75, 3.05) is 5.73 Å². The lowest BCUT2D eigenvalue weighted by Crippen LogP contribution is -2.00. The Bertz CT molecular complexity index is 936. The summed E-state index contributed by atoms with van der Waals surface area (Å²) in [5.41, 5.74) is 7.80. The Kier molecular flexibility index (Phi) is 3.96. The van der Waals surface area contributed by atoms with Gasteiger partial charge in [0, 0.05) is 35.5 Å². The molecule has 2 N–H and O–H groups in total. The molecule has 0 aliphatic rings. The molecule has 0 aliphatic carbocycles. The number of pyridine rings is 1. The SMILES string of the molecule is CCn1cc(-c2cc(-c3cc(F)cc(F)c3)nc(N)c2C#N)cn1. The van der Waals surface area contributed by atoms with E-state index < -0.39 is 11.6 Å². The van der Waals surface area contributed by atoms with E-state index in [4.69, 9.17) is 5.73 Å². The van der Waals surface area contributed by atoms with Crippen molar-refractivity contribution in [1.29, 1.82) is 5.26 Å². The molecule has 3 aromatic rings. The highest BCUT2D eigenvalue weighted by molar-refractivity contribution is 5.79. The summed E-state index contributed by atoms with van der Waals surface area (Å²) in [6.07, 6.45) is 3.38. The highest BCUT2D eigenvalue weighted by atomic mass is 19.1. The number of aromatic nitrogens is 3. The average Bonchev–Trinajstić information content (AvgIpc) is 3.02. The van der Waals surface area contributed by atoms with Crippen molar-refractivity contribution >= 4 is 5.82 Å². The fourth-order valence-electron chi connectivity index (χ4n) is 2.44. The maximum atomic E-state index is 13.5. The molecular formula is C17H13F2N5. The van der Waals surface area contributed by atoms with Gasteiger partial charge in [-0.3, -0.25) is 4.68 Å². The second-order valence-corrected chi connectivity index (χ2v) is 5.17. The minimum Gasteiger partial charge on any atom is -0.383 e. The van der Waals surface area contributed by atoms with Crippen LogP contribution in [0.1, 0.15) is 12.5 Å². The minimum atomic E-state index is -0.713. The Morgan fingerprint density at radius 1 is 1.17 bits per heavy atom. The zero-order valence-electron chi connectivity index (χ0n) is 12.8. The number of rotatable bonds is 3. The summed E-state index contributed by atoms with van der Waals surface area (Å²) < 4.78 is 28.6. The lowest BCUT2D eigenvalue weighted by Gasteiger charge is -2.09. The maximum Gasteiger partial charge on any atom is 0.142 e. The highest BCUT2D eigenvalue weighted by Crippen LogP contribution is 2.31. The van der Waals surface area contributed by atoms with Crippen LogP contribution in [0.3, 0.4) is 0 Å². The molecular weight excluding hydrogens is 312 g/mol. The number of anilines is 1. The molecule has 0 saturated heterocycles. The molecule has 7 heteroatoms. The minimum absolute atomic E-state index is 0.00100. The third-order valence-corrected chi connectivity index (χ3v) is 3.59. The van der Waals surface area contributed by atoms with Gasteiger partial charge in [-0.15, -0.1) is 0 Å². The predicted octanol–water partition coefficient (Wildman–Crippen LogP) is 3.36. The van der Waals surface area contributed by atoms with Crippen molar-refractivity contribution in [3.05, 3.63) is 53.9 Å². The summed E-state index contributed by atoms with van der Waals surface area (Å²) in [5.74, 6) is -1.43. The van der Waals surface area contributed by atoms with Crippen LogP contribution in [0, 0.1) is 23.0 Å². The summed E-state index contributed by atoms with van der Waals surface area (Å²) in [4.78, 5) is 4.10. The van der Waals surface area contributed by atoms with E-state index in [0.29, 0.717) is 17.7 Å². The van der Waals surface area contributed by atoms with E-state index in [1.807, 2.05) is 13.0 Å². The second-order valence-electron chi connectivity index (χ2n) is 5.17. The Hall–Kier alpha value is -3.27. The van der Waals surface area contributed by atoms with E-state index in [9.17, 15) is 14.0 Å². The van der Waals surface area contributed by atoms with Crippen molar-refractivity contribution in [3.8, 4) is 28.5 Å². The van der Waals surface area contributed by atoms with E-state index in [1.165, 1.54) is 0 Å². The fourth-order valence-corrected chi connectivity index (χ4v) is 2.44. The van der Waals surface area contributed by atoms with Crippen molar-refractivity contribution in [3.63, 3.8) is 0 Å². The number of aryl methyl sites for hydroxylation is 1. The smallest absolute Gasteiger partial charge is 0.142 e. The van der Waals surface area contributed by atoms with Crippen LogP contribution < -0.4 is 5.73 Å². The Balaban J connectivity index is 2.21. The summed E-state index contributed by atoms with van der Waals surface area (Å²) in [7, 11) is 0. The number of benzene rings is 1. The molecule has 1 aromatic carbocycles. The zero-order valence-corrected chi connectivity index (χ0v) is 12.8. The molecule has 0 saturated carbocycles. The molecule has 2 aromatic heterocycles. The van der Waals surface area contributed by atoms with Crippen LogP contribution in [0.15, 0.2) is 36.7 Å². The van der Waals surface area contributed by atoms with Crippen LogP contribution in [-0.4, -0.2) is 14.8 Å². The van der Waals surface area contributed by atoms with Crippen LogP contribution in [0.2, 0.25) is 0 Å². The first-order valence-corrected chi connectivity index (χ1v) is 7.21. The van der Waals surface area contributed by atoms with Crippen LogP contribution in [0.5, 0.6) is 0 Å². The first-order chi connectivity index (χ1) is 11.5. The molecule has 0 unspecified atom stereocenters. The summed E-state index contributed by atoms with van der Waals surface area (Å²) in [6, 6.07) is 6.71. The molecule has 24 heavy (non-hydrogen) atoms. The highest BCUT2D eigenvalue weighted by Gasteiger charge is 2.15. The van der Waals surface area contributed by atoms with Gasteiger partial charge in [0.15, 0.2) is 0 Å². The van der Waals surface area contributed by atoms with Gasteiger partial charge in [0.2, 0.25) is 0 Å². The van der Waals surface area contributed by atoms with Gasteiger partial charge in [-0.1, -0.05) is 0 Å². The van der Waals surface area contributed by atoms with Gasteiger partial charge in [0.1, 0.15) is 29.1 Å². The van der Waals surface area contributed by atoms with Gasteiger partial charge < -0.3 is 5.73 Å². The summed E-state index contributed by atoms with van der Waals surface area (Å²) >= 11 is 0. The molecule has 3 rings (SSSR count). The van der Waals surface area contributed by atoms with Crippen molar-refractivity contribution < 1.29 is 8.78 Å². The van der Waals surface area contributed by atoms with Crippen LogP contribution in [0.4, 0.5) is 14.6 Å². The van der Waals surface area contributed by atoms with Crippen molar-refractivity contribution in [1.82, 2.24) is 14.8 Å². The van der Waals surface area contributed by atoms with Gasteiger partial charge in [-0.2, -0.15) is 10.4 Å². The lowest BCUT2D eigenvalue weighted by molar-refractivity contribution is 0.584. The van der Waals surface area contributed by atoms with E-state index in [-0.39, 0.29) is 22.6 Å². The Morgan fingerprint density at radius 3 is 2.46 bits per heavy atom. The Morgan fingerprint density at radius 2 is 1.88 bits per heavy atom.